The Bertz CT molecular complexity index is 86.0. The second-order valence-electron chi connectivity index (χ2n) is 3.45. The monoisotopic (exact) mass is 126 g/mol. The van der Waals surface area contributed by atoms with E-state index in [0.29, 0.717) is 0 Å². The van der Waals surface area contributed by atoms with E-state index in [9.17, 15) is 0 Å². The molecule has 9 heavy (non-hydrogen) atoms. The molecule has 1 aliphatic rings. The van der Waals surface area contributed by atoms with Crippen LogP contribution in [-0.4, -0.2) is 0 Å². The molecule has 1 aliphatic carbocycles. The molecule has 0 heteroatoms. The first-order valence-corrected chi connectivity index (χ1v) is 4.29. The molecule has 0 aromatic heterocycles. The third kappa shape index (κ3) is 1.47. The highest BCUT2D eigenvalue weighted by molar-refractivity contribution is 4.87. The summed E-state index contributed by atoms with van der Waals surface area (Å²) in [4.78, 5) is 0. The second-order valence-corrected chi connectivity index (χ2v) is 3.45. The fourth-order valence-corrected chi connectivity index (χ4v) is 1.74. The summed E-state index contributed by atoms with van der Waals surface area (Å²) in [5.74, 6) is 3.19. The number of hydrogen-bond donors (Lipinski definition) is 0. The van der Waals surface area contributed by atoms with Crippen molar-refractivity contribution in [2.45, 2.75) is 40.0 Å². The van der Waals surface area contributed by atoms with Gasteiger partial charge in [-0.2, -0.15) is 0 Å². The fraction of sp³-hybridized carbons (Fsp3) is 1.00. The van der Waals surface area contributed by atoms with Crippen molar-refractivity contribution in [3.63, 3.8) is 0 Å². The van der Waals surface area contributed by atoms with Gasteiger partial charge in [-0.05, 0) is 24.2 Å². The molecule has 0 radical (unpaired) electrons. The van der Waals surface area contributed by atoms with E-state index >= 15 is 0 Å². The van der Waals surface area contributed by atoms with Gasteiger partial charge in [-0.15, -0.1) is 0 Å². The molecule has 54 valence electrons. The third-order valence-corrected chi connectivity index (χ3v) is 2.88. The van der Waals surface area contributed by atoms with Gasteiger partial charge in [-0.3, -0.25) is 0 Å². The summed E-state index contributed by atoms with van der Waals surface area (Å²) >= 11 is 0. The van der Waals surface area contributed by atoms with Crippen LogP contribution in [0.4, 0.5) is 0 Å². The van der Waals surface area contributed by atoms with Gasteiger partial charge in [0.15, 0.2) is 0 Å². The first-order chi connectivity index (χ1) is 4.29. The van der Waals surface area contributed by atoms with Gasteiger partial charge in [-0.25, -0.2) is 0 Å². The molecular formula is C9H18. The van der Waals surface area contributed by atoms with Gasteiger partial charge in [-0.1, -0.05) is 33.6 Å². The zero-order chi connectivity index (χ0) is 6.85. The Kier molecular flexibility index (Phi) is 2.15. The zero-order valence-electron chi connectivity index (χ0n) is 6.85. The molecule has 0 aliphatic heterocycles. The molecular weight excluding hydrogens is 108 g/mol. The van der Waals surface area contributed by atoms with E-state index in [1.807, 2.05) is 0 Å². The number of hydrogen-bond acceptors (Lipinski definition) is 0. The van der Waals surface area contributed by atoms with Crippen molar-refractivity contribution in [3.8, 4) is 0 Å². The van der Waals surface area contributed by atoms with E-state index in [0.717, 1.165) is 17.8 Å². The van der Waals surface area contributed by atoms with Gasteiger partial charge < -0.3 is 0 Å². The molecule has 1 fully saturated rings. The van der Waals surface area contributed by atoms with Crippen LogP contribution in [0.3, 0.4) is 0 Å². The molecule has 0 saturated heterocycles. The van der Waals surface area contributed by atoms with Crippen LogP contribution in [0.25, 0.3) is 0 Å². The van der Waals surface area contributed by atoms with E-state index in [1.165, 1.54) is 19.3 Å². The Balaban J connectivity index is 2.17. The van der Waals surface area contributed by atoms with Crippen LogP contribution >= 0.6 is 0 Å². The Morgan fingerprint density at radius 2 is 2.11 bits per heavy atom. The van der Waals surface area contributed by atoms with Crippen molar-refractivity contribution in [1.82, 2.24) is 0 Å². The van der Waals surface area contributed by atoms with Crippen molar-refractivity contribution < 1.29 is 0 Å². The van der Waals surface area contributed by atoms with Gasteiger partial charge in [0.25, 0.3) is 0 Å². The molecule has 1 saturated carbocycles. The predicted molar refractivity (Wildman–Crippen MR) is 41.3 cm³/mol. The SMILES string of the molecule is CC[C@@H]1C[C@H]1[C@@H](C)CC. The van der Waals surface area contributed by atoms with Gasteiger partial charge in [0, 0.05) is 0 Å². The van der Waals surface area contributed by atoms with E-state index in [-0.39, 0.29) is 0 Å². The summed E-state index contributed by atoms with van der Waals surface area (Å²) in [6, 6.07) is 0. The third-order valence-electron chi connectivity index (χ3n) is 2.88. The molecule has 0 aromatic carbocycles. The summed E-state index contributed by atoms with van der Waals surface area (Å²) in [5.41, 5.74) is 0. The Morgan fingerprint density at radius 3 is 2.44 bits per heavy atom. The molecule has 0 nitrogen and oxygen atoms in total. The number of rotatable bonds is 3. The van der Waals surface area contributed by atoms with Crippen LogP contribution in [-0.2, 0) is 0 Å². The highest BCUT2D eigenvalue weighted by Crippen LogP contribution is 2.47. The van der Waals surface area contributed by atoms with Crippen LogP contribution in [0.2, 0.25) is 0 Å². The molecule has 0 aromatic rings. The smallest absolute Gasteiger partial charge is 0.0357 e. The summed E-state index contributed by atoms with van der Waals surface area (Å²) in [6.07, 6.45) is 4.31. The maximum absolute atomic E-state index is 2.39. The summed E-state index contributed by atoms with van der Waals surface area (Å²) in [6.45, 7) is 7.00. The highest BCUT2D eigenvalue weighted by Gasteiger charge is 2.38. The fourth-order valence-electron chi connectivity index (χ4n) is 1.74. The molecule has 3 atom stereocenters. The second kappa shape index (κ2) is 2.72. The van der Waals surface area contributed by atoms with E-state index in [1.54, 1.807) is 0 Å². The lowest BCUT2D eigenvalue weighted by atomic mass is 10.0. The summed E-state index contributed by atoms with van der Waals surface area (Å²) in [7, 11) is 0. The minimum atomic E-state index is 0.995. The average Bonchev–Trinajstić information content (AvgIpc) is 2.64. The topological polar surface area (TPSA) is 0 Å². The largest absolute Gasteiger partial charge is 0.0651 e. The highest BCUT2D eigenvalue weighted by atomic mass is 14.4. The van der Waals surface area contributed by atoms with E-state index in [2.05, 4.69) is 20.8 Å². The van der Waals surface area contributed by atoms with Gasteiger partial charge in [0.2, 0.25) is 0 Å². The minimum absolute atomic E-state index is 0.995. The molecule has 0 spiro atoms. The first-order valence-electron chi connectivity index (χ1n) is 4.29. The predicted octanol–water partition coefficient (Wildman–Crippen LogP) is 3.08. The Labute approximate surface area is 58.7 Å². The van der Waals surface area contributed by atoms with Gasteiger partial charge in [0.1, 0.15) is 0 Å². The summed E-state index contributed by atoms with van der Waals surface area (Å²) < 4.78 is 0. The molecule has 0 bridgehead atoms. The lowest BCUT2D eigenvalue weighted by Gasteiger charge is -2.04. The summed E-state index contributed by atoms with van der Waals surface area (Å²) in [5, 5.41) is 0. The molecule has 0 amide bonds. The van der Waals surface area contributed by atoms with Crippen LogP contribution in [0.5, 0.6) is 0 Å². The minimum Gasteiger partial charge on any atom is -0.0651 e. The molecule has 0 unspecified atom stereocenters. The quantitative estimate of drug-likeness (QED) is 0.545. The van der Waals surface area contributed by atoms with E-state index in [4.69, 9.17) is 0 Å². The van der Waals surface area contributed by atoms with Crippen molar-refractivity contribution in [2.75, 3.05) is 0 Å². The maximum atomic E-state index is 2.39. The van der Waals surface area contributed by atoms with Crippen LogP contribution in [0.15, 0.2) is 0 Å². The van der Waals surface area contributed by atoms with Crippen molar-refractivity contribution in [1.29, 1.82) is 0 Å². The van der Waals surface area contributed by atoms with Crippen LogP contribution in [0, 0.1) is 17.8 Å². The van der Waals surface area contributed by atoms with Gasteiger partial charge >= 0.3 is 0 Å². The van der Waals surface area contributed by atoms with Crippen LogP contribution in [0.1, 0.15) is 40.0 Å². The van der Waals surface area contributed by atoms with E-state index < -0.39 is 0 Å². The lowest BCUT2D eigenvalue weighted by Crippen LogP contribution is -1.95. The van der Waals surface area contributed by atoms with Crippen molar-refractivity contribution in [3.05, 3.63) is 0 Å². The first kappa shape index (κ1) is 7.11. The zero-order valence-corrected chi connectivity index (χ0v) is 6.85. The van der Waals surface area contributed by atoms with Gasteiger partial charge in [0.05, 0.1) is 0 Å². The Hall–Kier alpha value is 0. The Morgan fingerprint density at radius 1 is 1.44 bits per heavy atom. The molecule has 1 rings (SSSR count). The normalized spacial score (nSPS) is 36.3. The van der Waals surface area contributed by atoms with Crippen LogP contribution < -0.4 is 0 Å². The molecule has 0 heterocycles. The van der Waals surface area contributed by atoms with Crippen molar-refractivity contribution in [2.24, 2.45) is 17.8 Å². The standard InChI is InChI=1S/C9H18/c1-4-7(3)9-6-8(9)5-2/h7-9H,4-6H2,1-3H3/t7-,8+,9-/m0/s1. The average molecular weight is 126 g/mol. The maximum Gasteiger partial charge on any atom is -0.0357 e. The molecule has 0 N–H and O–H groups in total. The van der Waals surface area contributed by atoms with Crippen molar-refractivity contribution >= 4 is 0 Å². The lowest BCUT2D eigenvalue weighted by molar-refractivity contribution is 0.457.